The van der Waals surface area contributed by atoms with E-state index in [4.69, 9.17) is 27.9 Å². The van der Waals surface area contributed by atoms with Crippen LogP contribution in [-0.2, 0) is 16.0 Å². The van der Waals surface area contributed by atoms with E-state index in [1.807, 2.05) is 0 Å². The molecule has 1 aromatic rings. The number of nitrogens with one attached hydrogen (secondary N) is 1. The number of morpholine rings is 1. The summed E-state index contributed by atoms with van der Waals surface area (Å²) in [5.74, 6) is -0.212. The number of carbonyl (C=O) groups is 1. The molecule has 1 fully saturated rings. The maximum atomic E-state index is 11.9. The summed E-state index contributed by atoms with van der Waals surface area (Å²) in [6.45, 7) is 3.71. The van der Waals surface area contributed by atoms with Crippen LogP contribution in [0.2, 0.25) is 10.0 Å². The molecule has 0 spiro atoms. The summed E-state index contributed by atoms with van der Waals surface area (Å²) < 4.78 is 5.25. The van der Waals surface area contributed by atoms with Gasteiger partial charge in [0.25, 0.3) is 0 Å². The Morgan fingerprint density at radius 1 is 1.32 bits per heavy atom. The van der Waals surface area contributed by atoms with Crippen molar-refractivity contribution in [3.63, 3.8) is 0 Å². The number of benzene rings is 1. The molecule has 0 saturated carbocycles. The number of halogens is 2. The van der Waals surface area contributed by atoms with Gasteiger partial charge in [0.05, 0.1) is 25.7 Å². The van der Waals surface area contributed by atoms with E-state index in [9.17, 15) is 9.90 Å². The van der Waals surface area contributed by atoms with Crippen LogP contribution in [0.3, 0.4) is 0 Å². The summed E-state index contributed by atoms with van der Waals surface area (Å²) >= 11 is 12.1. The van der Waals surface area contributed by atoms with Crippen LogP contribution in [-0.4, -0.2) is 61.4 Å². The molecule has 1 saturated heterocycles. The van der Waals surface area contributed by atoms with Crippen LogP contribution in [0.5, 0.6) is 0 Å². The van der Waals surface area contributed by atoms with Crippen LogP contribution in [0.1, 0.15) is 5.56 Å². The van der Waals surface area contributed by atoms with E-state index in [2.05, 4.69) is 10.2 Å². The first-order valence-corrected chi connectivity index (χ1v) is 7.99. The molecular weight excluding hydrogens is 327 g/mol. The van der Waals surface area contributed by atoms with Crippen molar-refractivity contribution in [1.82, 2.24) is 10.2 Å². The molecule has 1 aliphatic heterocycles. The van der Waals surface area contributed by atoms with Gasteiger partial charge in [-0.2, -0.15) is 0 Å². The number of aliphatic hydroxyl groups is 1. The topological polar surface area (TPSA) is 61.8 Å². The van der Waals surface area contributed by atoms with E-state index in [0.717, 1.165) is 13.1 Å². The number of aliphatic hydroxyl groups excluding tert-OH is 1. The Balaban J connectivity index is 1.75. The third-order valence-corrected chi connectivity index (χ3v) is 4.21. The Morgan fingerprint density at radius 3 is 2.59 bits per heavy atom. The molecule has 0 aromatic heterocycles. The molecule has 0 radical (unpaired) electrons. The minimum absolute atomic E-state index is 0.1000. The third-order valence-electron chi connectivity index (χ3n) is 3.51. The molecule has 1 atom stereocenters. The quantitative estimate of drug-likeness (QED) is 0.816. The highest BCUT2D eigenvalue weighted by molar-refractivity contribution is 6.36. The molecular formula is C15H20Cl2N2O3. The van der Waals surface area contributed by atoms with Gasteiger partial charge >= 0.3 is 0 Å². The van der Waals surface area contributed by atoms with Gasteiger partial charge in [0, 0.05) is 36.2 Å². The number of hydrogen-bond acceptors (Lipinski definition) is 4. The van der Waals surface area contributed by atoms with Crippen molar-refractivity contribution in [2.45, 2.75) is 12.5 Å². The van der Waals surface area contributed by atoms with E-state index in [1.54, 1.807) is 18.2 Å². The summed E-state index contributed by atoms with van der Waals surface area (Å²) in [7, 11) is 0. The normalized spacial score (nSPS) is 17.2. The predicted octanol–water partition coefficient (Wildman–Crippen LogP) is 1.35. The van der Waals surface area contributed by atoms with Gasteiger partial charge in [0.1, 0.15) is 0 Å². The van der Waals surface area contributed by atoms with Crippen molar-refractivity contribution in [2.24, 2.45) is 0 Å². The Morgan fingerprint density at radius 2 is 1.95 bits per heavy atom. The van der Waals surface area contributed by atoms with E-state index >= 15 is 0 Å². The molecule has 0 bridgehead atoms. The van der Waals surface area contributed by atoms with Crippen molar-refractivity contribution >= 4 is 29.1 Å². The van der Waals surface area contributed by atoms with Crippen LogP contribution < -0.4 is 5.32 Å². The smallest absolute Gasteiger partial charge is 0.224 e. The Bertz CT molecular complexity index is 487. The second-order valence-electron chi connectivity index (χ2n) is 5.25. The molecule has 2 N–H and O–H groups in total. The van der Waals surface area contributed by atoms with Gasteiger partial charge in [-0.3, -0.25) is 9.69 Å². The Kier molecular flexibility index (Phi) is 6.92. The van der Waals surface area contributed by atoms with Gasteiger partial charge in [0.15, 0.2) is 0 Å². The molecule has 2 rings (SSSR count). The van der Waals surface area contributed by atoms with Gasteiger partial charge in [-0.15, -0.1) is 0 Å². The molecule has 0 aliphatic carbocycles. The fraction of sp³-hybridized carbons (Fsp3) is 0.533. The molecule has 1 unspecified atom stereocenters. The van der Waals surface area contributed by atoms with Crippen molar-refractivity contribution in [2.75, 3.05) is 39.4 Å². The summed E-state index contributed by atoms with van der Waals surface area (Å²) in [5.41, 5.74) is 0.603. The van der Waals surface area contributed by atoms with Crippen molar-refractivity contribution in [3.05, 3.63) is 33.8 Å². The largest absolute Gasteiger partial charge is 0.390 e. The van der Waals surface area contributed by atoms with Crippen LogP contribution in [0.25, 0.3) is 0 Å². The third kappa shape index (κ3) is 5.41. The van der Waals surface area contributed by atoms with Crippen molar-refractivity contribution < 1.29 is 14.6 Å². The first-order chi connectivity index (χ1) is 10.6. The van der Waals surface area contributed by atoms with Gasteiger partial charge in [-0.25, -0.2) is 0 Å². The number of β-amino-alcohol motifs (C(OH)–C–C–N with tert-alkyl or cyclic N) is 1. The van der Waals surface area contributed by atoms with Crippen LogP contribution in [0.15, 0.2) is 18.2 Å². The maximum Gasteiger partial charge on any atom is 0.224 e. The van der Waals surface area contributed by atoms with Gasteiger partial charge in [0.2, 0.25) is 5.91 Å². The van der Waals surface area contributed by atoms with Gasteiger partial charge in [-0.05, 0) is 17.7 Å². The van der Waals surface area contributed by atoms with Crippen LogP contribution in [0, 0.1) is 0 Å². The lowest BCUT2D eigenvalue weighted by molar-refractivity contribution is -0.121. The number of ether oxygens (including phenoxy) is 1. The summed E-state index contributed by atoms with van der Waals surface area (Å²) in [6, 6.07) is 5.13. The van der Waals surface area contributed by atoms with E-state index < -0.39 is 6.10 Å². The van der Waals surface area contributed by atoms with Crippen LogP contribution >= 0.6 is 23.2 Å². The molecule has 1 amide bonds. The molecule has 1 aliphatic rings. The zero-order valence-electron chi connectivity index (χ0n) is 12.2. The first-order valence-electron chi connectivity index (χ1n) is 7.24. The van der Waals surface area contributed by atoms with Crippen LogP contribution in [0.4, 0.5) is 0 Å². The lowest BCUT2D eigenvalue weighted by Crippen LogP contribution is -2.44. The Labute approximate surface area is 140 Å². The minimum Gasteiger partial charge on any atom is -0.390 e. The molecule has 22 heavy (non-hydrogen) atoms. The molecule has 7 heteroatoms. The SMILES string of the molecule is O=C(Cc1c(Cl)cccc1Cl)NCC(O)CN1CCOCC1. The molecule has 122 valence electrons. The fourth-order valence-corrected chi connectivity index (χ4v) is 2.83. The highest BCUT2D eigenvalue weighted by Gasteiger charge is 2.16. The maximum absolute atomic E-state index is 11.9. The average Bonchev–Trinajstić information content (AvgIpc) is 2.50. The number of nitrogens with zero attached hydrogens (tertiary/aromatic N) is 1. The molecule has 5 nitrogen and oxygen atoms in total. The van der Waals surface area contributed by atoms with Gasteiger partial charge < -0.3 is 15.2 Å². The standard InChI is InChI=1S/C15H20Cl2N2O3/c16-13-2-1-3-14(17)12(13)8-15(21)18-9-11(20)10-19-4-6-22-7-5-19/h1-3,11,20H,4-10H2,(H,18,21). The number of rotatable bonds is 6. The van der Waals surface area contributed by atoms with E-state index in [0.29, 0.717) is 35.4 Å². The fourth-order valence-electron chi connectivity index (χ4n) is 2.30. The second kappa shape index (κ2) is 8.70. The predicted molar refractivity (Wildman–Crippen MR) is 86.4 cm³/mol. The van der Waals surface area contributed by atoms with Crippen molar-refractivity contribution in [1.29, 1.82) is 0 Å². The lowest BCUT2D eigenvalue weighted by Gasteiger charge is -2.28. The Hall–Kier alpha value is -0.850. The number of carbonyl (C=O) groups excluding carboxylic acids is 1. The number of hydrogen-bond donors (Lipinski definition) is 2. The minimum atomic E-state index is -0.608. The summed E-state index contributed by atoms with van der Waals surface area (Å²) in [6.07, 6.45) is -0.508. The zero-order chi connectivity index (χ0) is 15.9. The summed E-state index contributed by atoms with van der Waals surface area (Å²) in [4.78, 5) is 14.1. The number of amides is 1. The highest BCUT2D eigenvalue weighted by Crippen LogP contribution is 2.24. The lowest BCUT2D eigenvalue weighted by atomic mass is 10.1. The monoisotopic (exact) mass is 346 g/mol. The highest BCUT2D eigenvalue weighted by atomic mass is 35.5. The van der Waals surface area contributed by atoms with E-state index in [-0.39, 0.29) is 18.9 Å². The second-order valence-corrected chi connectivity index (χ2v) is 6.06. The van der Waals surface area contributed by atoms with E-state index in [1.165, 1.54) is 0 Å². The first kappa shape index (κ1) is 17.5. The summed E-state index contributed by atoms with van der Waals surface area (Å²) in [5, 5.41) is 13.6. The average molecular weight is 347 g/mol. The van der Waals surface area contributed by atoms with Crippen molar-refractivity contribution in [3.8, 4) is 0 Å². The zero-order valence-corrected chi connectivity index (χ0v) is 13.7. The van der Waals surface area contributed by atoms with Gasteiger partial charge in [-0.1, -0.05) is 29.3 Å². The molecule has 1 heterocycles. The molecule has 1 aromatic carbocycles.